The third-order valence-electron chi connectivity index (χ3n) is 4.05. The molecule has 1 atom stereocenters. The molecule has 0 saturated heterocycles. The van der Waals surface area contributed by atoms with Crippen molar-refractivity contribution in [2.45, 2.75) is 25.9 Å². The Kier molecular flexibility index (Phi) is 7.00. The molecule has 26 heavy (non-hydrogen) atoms. The number of rotatable bonds is 6. The lowest BCUT2D eigenvalue weighted by Crippen LogP contribution is -2.47. The second-order valence-electron chi connectivity index (χ2n) is 5.82. The second-order valence-corrected chi connectivity index (χ2v) is 6.66. The van der Waals surface area contributed by atoms with Gasteiger partial charge in [-0.3, -0.25) is 9.59 Å². The van der Waals surface area contributed by atoms with E-state index in [9.17, 15) is 14.0 Å². The van der Waals surface area contributed by atoms with Crippen LogP contribution in [0, 0.1) is 5.82 Å². The Bertz CT molecular complexity index is 794. The van der Waals surface area contributed by atoms with Crippen molar-refractivity contribution in [1.82, 2.24) is 10.2 Å². The molecule has 1 N–H and O–H groups in total. The van der Waals surface area contributed by atoms with Crippen LogP contribution in [0.4, 0.5) is 4.39 Å². The minimum Gasteiger partial charge on any atom is -0.357 e. The van der Waals surface area contributed by atoms with E-state index >= 15 is 0 Å². The highest BCUT2D eigenvalue weighted by atomic mass is 35.5. The maximum atomic E-state index is 14.0. The van der Waals surface area contributed by atoms with Crippen molar-refractivity contribution < 1.29 is 14.0 Å². The van der Waals surface area contributed by atoms with Crippen molar-refractivity contribution in [2.75, 3.05) is 7.05 Å². The molecule has 2 amide bonds. The molecular weight excluding hydrogens is 378 g/mol. The third kappa shape index (κ3) is 4.96. The molecule has 138 valence electrons. The summed E-state index contributed by atoms with van der Waals surface area (Å²) < 4.78 is 14.0. The van der Waals surface area contributed by atoms with Crippen LogP contribution < -0.4 is 5.32 Å². The Labute approximate surface area is 161 Å². The molecule has 0 radical (unpaired) electrons. The minimum atomic E-state index is -0.739. The van der Waals surface area contributed by atoms with Crippen LogP contribution in [0.25, 0.3) is 0 Å². The molecule has 0 aliphatic heterocycles. The monoisotopic (exact) mass is 396 g/mol. The van der Waals surface area contributed by atoms with Crippen molar-refractivity contribution in [1.29, 1.82) is 0 Å². The van der Waals surface area contributed by atoms with E-state index in [0.29, 0.717) is 5.02 Å². The molecular formula is C19H19Cl2FN2O2. The number of amides is 2. The van der Waals surface area contributed by atoms with Crippen LogP contribution in [0.3, 0.4) is 0 Å². The number of carbonyl (C=O) groups excluding carboxylic acids is 2. The number of carbonyl (C=O) groups is 2. The summed E-state index contributed by atoms with van der Waals surface area (Å²) in [6, 6.07) is 10.5. The fourth-order valence-electron chi connectivity index (χ4n) is 2.58. The quantitative estimate of drug-likeness (QED) is 0.806. The van der Waals surface area contributed by atoms with Crippen LogP contribution in [0.2, 0.25) is 10.0 Å². The van der Waals surface area contributed by atoms with Crippen LogP contribution in [-0.2, 0) is 22.6 Å². The molecule has 0 aromatic heterocycles. The topological polar surface area (TPSA) is 49.4 Å². The summed E-state index contributed by atoms with van der Waals surface area (Å²) in [4.78, 5) is 26.3. The third-order valence-corrected chi connectivity index (χ3v) is 4.63. The average molecular weight is 397 g/mol. The maximum absolute atomic E-state index is 14.0. The number of halogens is 3. The molecule has 0 bridgehead atoms. The van der Waals surface area contributed by atoms with Gasteiger partial charge in [0.1, 0.15) is 11.9 Å². The number of benzene rings is 2. The van der Waals surface area contributed by atoms with E-state index in [-0.39, 0.29) is 29.5 Å². The maximum Gasteiger partial charge on any atom is 0.242 e. The number of nitrogens with zero attached hydrogens (tertiary/aromatic N) is 1. The first-order valence-electron chi connectivity index (χ1n) is 8.02. The first-order chi connectivity index (χ1) is 12.3. The minimum absolute atomic E-state index is 0.111. The predicted octanol–water partition coefficient (Wildman–Crippen LogP) is 3.84. The summed E-state index contributed by atoms with van der Waals surface area (Å²) in [5, 5.41) is 3.23. The Morgan fingerprint density at radius 3 is 2.50 bits per heavy atom. The molecule has 0 unspecified atom stereocenters. The van der Waals surface area contributed by atoms with Crippen LogP contribution in [-0.4, -0.2) is 29.8 Å². The van der Waals surface area contributed by atoms with Gasteiger partial charge in [0.2, 0.25) is 11.8 Å². The van der Waals surface area contributed by atoms with E-state index in [1.807, 2.05) is 0 Å². The zero-order chi connectivity index (χ0) is 19.3. The predicted molar refractivity (Wildman–Crippen MR) is 101 cm³/mol. The van der Waals surface area contributed by atoms with Crippen molar-refractivity contribution in [3.63, 3.8) is 0 Å². The van der Waals surface area contributed by atoms with E-state index in [2.05, 4.69) is 5.32 Å². The fraction of sp³-hybridized carbons (Fsp3) is 0.263. The summed E-state index contributed by atoms with van der Waals surface area (Å²) in [6.45, 7) is 1.78. The van der Waals surface area contributed by atoms with Gasteiger partial charge in [0.15, 0.2) is 0 Å². The van der Waals surface area contributed by atoms with Crippen LogP contribution >= 0.6 is 23.2 Å². The van der Waals surface area contributed by atoms with E-state index in [4.69, 9.17) is 23.2 Å². The molecule has 7 heteroatoms. The van der Waals surface area contributed by atoms with Gasteiger partial charge in [-0.25, -0.2) is 4.39 Å². The van der Waals surface area contributed by atoms with E-state index in [1.165, 1.54) is 30.1 Å². The molecule has 2 aromatic carbocycles. The lowest BCUT2D eigenvalue weighted by Gasteiger charge is -2.28. The van der Waals surface area contributed by atoms with Gasteiger partial charge in [-0.1, -0.05) is 41.4 Å². The summed E-state index contributed by atoms with van der Waals surface area (Å²) >= 11 is 12.0. The van der Waals surface area contributed by atoms with Crippen molar-refractivity contribution in [3.8, 4) is 0 Å². The summed E-state index contributed by atoms with van der Waals surface area (Å²) in [5.41, 5.74) is 0.876. The van der Waals surface area contributed by atoms with Gasteiger partial charge in [-0.05, 0) is 36.8 Å². The number of nitrogens with one attached hydrogen (secondary N) is 1. The summed E-state index contributed by atoms with van der Waals surface area (Å²) in [6.07, 6.45) is -0.243. The van der Waals surface area contributed by atoms with Crippen molar-refractivity contribution >= 4 is 35.0 Å². The lowest BCUT2D eigenvalue weighted by atomic mass is 10.1. The van der Waals surface area contributed by atoms with Gasteiger partial charge in [-0.15, -0.1) is 0 Å². The molecule has 0 saturated carbocycles. The zero-order valence-electron chi connectivity index (χ0n) is 14.4. The standard InChI is InChI=1S/C19H19Cl2FN2O2/c1-12(19(26)23-2)24(11-13-5-3-6-14(20)9-13)18(25)10-15-16(21)7-4-8-17(15)22/h3-9,12H,10-11H2,1-2H3,(H,23,26)/t12-/m1/s1. The fourth-order valence-corrected chi connectivity index (χ4v) is 3.02. The van der Waals surface area contributed by atoms with Gasteiger partial charge in [0.05, 0.1) is 6.42 Å². The lowest BCUT2D eigenvalue weighted by molar-refractivity contribution is -0.139. The number of hydrogen-bond donors (Lipinski definition) is 1. The van der Waals surface area contributed by atoms with E-state index < -0.39 is 17.8 Å². The largest absolute Gasteiger partial charge is 0.357 e. The molecule has 0 aliphatic carbocycles. The molecule has 4 nitrogen and oxygen atoms in total. The first-order valence-corrected chi connectivity index (χ1v) is 8.77. The molecule has 0 spiro atoms. The highest BCUT2D eigenvalue weighted by Crippen LogP contribution is 2.22. The number of likely N-dealkylation sites (N-methyl/N-ethyl adjacent to an activating group) is 1. The van der Waals surface area contributed by atoms with Crippen LogP contribution in [0.15, 0.2) is 42.5 Å². The number of hydrogen-bond acceptors (Lipinski definition) is 2. The molecule has 2 rings (SSSR count). The molecule has 2 aromatic rings. The molecule has 0 heterocycles. The Balaban J connectivity index is 2.30. The van der Waals surface area contributed by atoms with Gasteiger partial charge >= 0.3 is 0 Å². The zero-order valence-corrected chi connectivity index (χ0v) is 15.9. The van der Waals surface area contributed by atoms with Gasteiger partial charge in [0.25, 0.3) is 0 Å². The normalized spacial score (nSPS) is 11.7. The Morgan fingerprint density at radius 2 is 1.88 bits per heavy atom. The smallest absolute Gasteiger partial charge is 0.242 e. The van der Waals surface area contributed by atoms with Gasteiger partial charge in [0, 0.05) is 29.2 Å². The highest BCUT2D eigenvalue weighted by Gasteiger charge is 2.26. The summed E-state index contributed by atoms with van der Waals surface area (Å²) in [5.74, 6) is -1.28. The average Bonchev–Trinajstić information content (AvgIpc) is 2.61. The van der Waals surface area contributed by atoms with E-state index in [0.717, 1.165) is 5.56 Å². The summed E-state index contributed by atoms with van der Waals surface area (Å²) in [7, 11) is 1.49. The SMILES string of the molecule is CNC(=O)[C@@H](C)N(Cc1cccc(Cl)c1)C(=O)Cc1c(F)cccc1Cl. The van der Waals surface area contributed by atoms with Gasteiger partial charge in [-0.2, -0.15) is 0 Å². The highest BCUT2D eigenvalue weighted by molar-refractivity contribution is 6.31. The van der Waals surface area contributed by atoms with Crippen molar-refractivity contribution in [2.24, 2.45) is 0 Å². The second kappa shape index (κ2) is 9.01. The molecule has 0 fully saturated rings. The Morgan fingerprint density at radius 1 is 1.19 bits per heavy atom. The van der Waals surface area contributed by atoms with Crippen molar-refractivity contribution in [3.05, 3.63) is 69.5 Å². The molecule has 0 aliphatic rings. The van der Waals surface area contributed by atoms with Crippen LogP contribution in [0.1, 0.15) is 18.1 Å². The van der Waals surface area contributed by atoms with Gasteiger partial charge < -0.3 is 10.2 Å². The van der Waals surface area contributed by atoms with Crippen LogP contribution in [0.5, 0.6) is 0 Å². The first kappa shape index (κ1) is 20.2. The Hall–Kier alpha value is -2.11. The van der Waals surface area contributed by atoms with E-state index in [1.54, 1.807) is 31.2 Å².